The van der Waals surface area contributed by atoms with E-state index in [2.05, 4.69) is 5.32 Å². The van der Waals surface area contributed by atoms with Crippen LogP contribution in [-0.2, 0) is 9.59 Å². The maximum atomic E-state index is 12.3. The molecule has 5 heteroatoms. The number of nitrogens with zero attached hydrogens (tertiary/aromatic N) is 1. The van der Waals surface area contributed by atoms with Gasteiger partial charge in [-0.05, 0) is 25.0 Å². The molecule has 1 fully saturated rings. The molecule has 1 aromatic carbocycles. The minimum atomic E-state index is -0.726. The van der Waals surface area contributed by atoms with E-state index < -0.39 is 6.10 Å². The highest BCUT2D eigenvalue weighted by Crippen LogP contribution is 2.29. The largest absolute Gasteiger partial charge is 0.478 e. The fraction of sp³-hybridized carbons (Fsp3) is 0.500. The van der Waals surface area contributed by atoms with Crippen LogP contribution in [0.15, 0.2) is 24.3 Å². The van der Waals surface area contributed by atoms with Crippen molar-refractivity contribution in [3.63, 3.8) is 0 Å². The molecule has 0 aromatic heterocycles. The van der Waals surface area contributed by atoms with Gasteiger partial charge in [0.2, 0.25) is 5.91 Å². The van der Waals surface area contributed by atoms with Gasteiger partial charge in [-0.1, -0.05) is 25.0 Å². The van der Waals surface area contributed by atoms with E-state index in [4.69, 9.17) is 4.74 Å². The van der Waals surface area contributed by atoms with E-state index in [1.807, 2.05) is 17.0 Å². The number of likely N-dealkylation sites (tertiary alicyclic amines) is 1. The Morgan fingerprint density at radius 1 is 1.19 bits per heavy atom. The summed E-state index contributed by atoms with van der Waals surface area (Å²) >= 11 is 0. The zero-order chi connectivity index (χ0) is 14.7. The van der Waals surface area contributed by atoms with E-state index in [0.29, 0.717) is 11.4 Å². The Morgan fingerprint density at radius 2 is 1.90 bits per heavy atom. The van der Waals surface area contributed by atoms with Crippen LogP contribution in [-0.4, -0.2) is 35.9 Å². The van der Waals surface area contributed by atoms with Crippen LogP contribution in [0.5, 0.6) is 5.75 Å². The molecule has 2 aliphatic heterocycles. The Balaban J connectivity index is 1.65. The van der Waals surface area contributed by atoms with Crippen LogP contribution in [0.2, 0.25) is 0 Å². The Kier molecular flexibility index (Phi) is 4.08. The lowest BCUT2D eigenvalue weighted by Gasteiger charge is -2.27. The van der Waals surface area contributed by atoms with Gasteiger partial charge in [0.15, 0.2) is 6.10 Å². The van der Waals surface area contributed by atoms with Crippen molar-refractivity contribution < 1.29 is 14.3 Å². The van der Waals surface area contributed by atoms with Crippen LogP contribution in [0.25, 0.3) is 0 Å². The number of hydrogen-bond acceptors (Lipinski definition) is 3. The lowest BCUT2D eigenvalue weighted by molar-refractivity contribution is -0.137. The van der Waals surface area contributed by atoms with Gasteiger partial charge >= 0.3 is 0 Å². The maximum Gasteiger partial charge on any atom is 0.266 e. The van der Waals surface area contributed by atoms with E-state index in [1.54, 1.807) is 12.1 Å². The minimum absolute atomic E-state index is 0.0106. The maximum absolute atomic E-state index is 12.3. The van der Waals surface area contributed by atoms with E-state index in [0.717, 1.165) is 25.9 Å². The predicted octanol–water partition coefficient (Wildman–Crippen LogP) is 2.18. The number of para-hydroxylation sites is 2. The molecule has 0 spiro atoms. The molecule has 2 heterocycles. The molecule has 0 bridgehead atoms. The molecule has 21 heavy (non-hydrogen) atoms. The molecule has 0 unspecified atom stereocenters. The summed E-state index contributed by atoms with van der Waals surface area (Å²) in [5.74, 6) is 0.402. The number of hydrogen-bond donors (Lipinski definition) is 1. The van der Waals surface area contributed by atoms with Crippen molar-refractivity contribution >= 4 is 17.5 Å². The zero-order valence-electron chi connectivity index (χ0n) is 12.0. The monoisotopic (exact) mass is 288 g/mol. The summed E-state index contributed by atoms with van der Waals surface area (Å²) < 4.78 is 5.68. The van der Waals surface area contributed by atoms with Crippen LogP contribution in [0.3, 0.4) is 0 Å². The van der Waals surface area contributed by atoms with Crippen LogP contribution >= 0.6 is 0 Å². The van der Waals surface area contributed by atoms with Gasteiger partial charge in [-0.15, -0.1) is 0 Å². The average Bonchev–Trinajstić information content (AvgIpc) is 2.77. The Hall–Kier alpha value is -2.04. The standard InChI is InChI=1S/C16H20N2O3/c19-15(18-9-5-1-2-6-10-18)11-14-16(20)17-12-7-3-4-8-13(12)21-14/h3-4,7-8,14H,1-2,5-6,9-11H2,(H,17,20)/t14-/m0/s1. The molecule has 112 valence electrons. The van der Waals surface area contributed by atoms with Crippen molar-refractivity contribution in [2.24, 2.45) is 0 Å². The van der Waals surface area contributed by atoms with Gasteiger partial charge in [0.25, 0.3) is 5.91 Å². The first-order chi connectivity index (χ1) is 10.2. The summed E-state index contributed by atoms with van der Waals surface area (Å²) in [5, 5.41) is 2.80. The van der Waals surface area contributed by atoms with Gasteiger partial charge in [-0.25, -0.2) is 0 Å². The number of benzene rings is 1. The van der Waals surface area contributed by atoms with Crippen molar-refractivity contribution in [1.29, 1.82) is 0 Å². The van der Waals surface area contributed by atoms with Crippen LogP contribution in [0, 0.1) is 0 Å². The fourth-order valence-corrected chi connectivity index (χ4v) is 2.83. The molecule has 0 aliphatic carbocycles. The number of nitrogens with one attached hydrogen (secondary N) is 1. The number of amides is 2. The molecule has 1 atom stereocenters. The summed E-state index contributed by atoms with van der Waals surface area (Å²) in [6.45, 7) is 1.59. The molecule has 0 radical (unpaired) electrons. The van der Waals surface area contributed by atoms with Gasteiger partial charge in [-0.2, -0.15) is 0 Å². The number of fused-ring (bicyclic) bond motifs is 1. The lowest BCUT2D eigenvalue weighted by atomic mass is 10.1. The normalized spacial score (nSPS) is 21.8. The van der Waals surface area contributed by atoms with Crippen LogP contribution in [0.1, 0.15) is 32.1 Å². The first-order valence-corrected chi connectivity index (χ1v) is 7.58. The first kappa shape index (κ1) is 13.9. The summed E-state index contributed by atoms with van der Waals surface area (Å²) in [6.07, 6.45) is 3.84. The second-order valence-electron chi connectivity index (χ2n) is 5.59. The molecular weight excluding hydrogens is 268 g/mol. The summed E-state index contributed by atoms with van der Waals surface area (Å²) in [7, 11) is 0. The zero-order valence-corrected chi connectivity index (χ0v) is 12.0. The number of carbonyl (C=O) groups excluding carboxylic acids is 2. The highest BCUT2D eigenvalue weighted by atomic mass is 16.5. The molecule has 5 nitrogen and oxygen atoms in total. The van der Waals surface area contributed by atoms with Crippen LogP contribution in [0.4, 0.5) is 5.69 Å². The topological polar surface area (TPSA) is 58.6 Å². The summed E-state index contributed by atoms with van der Waals surface area (Å²) in [5.41, 5.74) is 0.668. The highest BCUT2D eigenvalue weighted by Gasteiger charge is 2.31. The Morgan fingerprint density at radius 3 is 2.67 bits per heavy atom. The number of anilines is 1. The summed E-state index contributed by atoms with van der Waals surface area (Å²) in [6, 6.07) is 7.29. The molecule has 0 saturated carbocycles. The predicted molar refractivity (Wildman–Crippen MR) is 79.2 cm³/mol. The van der Waals surface area contributed by atoms with Crippen molar-refractivity contribution in [3.8, 4) is 5.75 Å². The quantitative estimate of drug-likeness (QED) is 0.907. The molecule has 2 amide bonds. The molecule has 2 aliphatic rings. The Bertz CT molecular complexity index is 536. The van der Waals surface area contributed by atoms with Crippen molar-refractivity contribution in [2.45, 2.75) is 38.2 Å². The molecule has 1 N–H and O–H groups in total. The Labute approximate surface area is 124 Å². The third-order valence-corrected chi connectivity index (χ3v) is 4.03. The van der Waals surface area contributed by atoms with E-state index in [-0.39, 0.29) is 18.2 Å². The molecule has 1 aromatic rings. The smallest absolute Gasteiger partial charge is 0.266 e. The van der Waals surface area contributed by atoms with Gasteiger partial charge in [0.05, 0.1) is 12.1 Å². The molecular formula is C16H20N2O3. The van der Waals surface area contributed by atoms with Gasteiger partial charge in [0, 0.05) is 13.1 Å². The average molecular weight is 288 g/mol. The number of ether oxygens (including phenoxy) is 1. The van der Waals surface area contributed by atoms with E-state index in [1.165, 1.54) is 12.8 Å². The second-order valence-corrected chi connectivity index (χ2v) is 5.59. The SMILES string of the molecule is O=C1Nc2ccccc2O[C@H]1CC(=O)N1CCCCCC1. The van der Waals surface area contributed by atoms with Gasteiger partial charge in [0.1, 0.15) is 5.75 Å². The van der Waals surface area contributed by atoms with Crippen molar-refractivity contribution in [3.05, 3.63) is 24.3 Å². The third kappa shape index (κ3) is 3.17. The second kappa shape index (κ2) is 6.16. The van der Waals surface area contributed by atoms with Gasteiger partial charge < -0.3 is 15.0 Å². The van der Waals surface area contributed by atoms with E-state index >= 15 is 0 Å². The van der Waals surface area contributed by atoms with Gasteiger partial charge in [-0.3, -0.25) is 9.59 Å². The highest BCUT2D eigenvalue weighted by molar-refractivity contribution is 5.99. The number of rotatable bonds is 2. The van der Waals surface area contributed by atoms with E-state index in [9.17, 15) is 9.59 Å². The molecule has 3 rings (SSSR count). The molecule has 1 saturated heterocycles. The third-order valence-electron chi connectivity index (χ3n) is 4.03. The fourth-order valence-electron chi connectivity index (χ4n) is 2.83. The van der Waals surface area contributed by atoms with Crippen molar-refractivity contribution in [1.82, 2.24) is 4.90 Å². The lowest BCUT2D eigenvalue weighted by Crippen LogP contribution is -2.42. The summed E-state index contributed by atoms with van der Waals surface area (Å²) in [4.78, 5) is 26.2. The first-order valence-electron chi connectivity index (χ1n) is 7.58. The minimum Gasteiger partial charge on any atom is -0.478 e. The van der Waals surface area contributed by atoms with Crippen molar-refractivity contribution in [2.75, 3.05) is 18.4 Å². The van der Waals surface area contributed by atoms with Crippen LogP contribution < -0.4 is 10.1 Å². The number of carbonyl (C=O) groups is 2.